The van der Waals surface area contributed by atoms with E-state index >= 15 is 0 Å². The predicted octanol–water partition coefficient (Wildman–Crippen LogP) is 7.45. The molecule has 0 atom stereocenters. The number of quaternary nitrogens is 1. The van der Waals surface area contributed by atoms with Gasteiger partial charge in [0.25, 0.3) is 0 Å². The second-order valence-electron chi connectivity index (χ2n) is 9.28. The minimum atomic E-state index is -4.27. The summed E-state index contributed by atoms with van der Waals surface area (Å²) in [5.41, 5.74) is 0.928. The number of benzene rings is 1. The lowest BCUT2D eigenvalue weighted by molar-refractivity contribution is -0.907. The Labute approximate surface area is 207 Å². The number of alkyl halides is 1. The summed E-state index contributed by atoms with van der Waals surface area (Å²) in [5.74, 6) is 0. The molecule has 32 heavy (non-hydrogen) atoms. The smallest absolute Gasteiger partial charge is 0.124 e. The van der Waals surface area contributed by atoms with Gasteiger partial charge in [0, 0.05) is 0 Å². The van der Waals surface area contributed by atoms with E-state index in [1.807, 2.05) is 6.92 Å². The molecular formula is C26H48BrNO3S. The fraction of sp³-hybridized carbons (Fsp3) is 0.769. The van der Waals surface area contributed by atoms with Crippen LogP contribution in [-0.4, -0.2) is 49.5 Å². The fourth-order valence-corrected chi connectivity index (χ4v) is 5.12. The van der Waals surface area contributed by atoms with Crippen molar-refractivity contribution in [3.63, 3.8) is 0 Å². The van der Waals surface area contributed by atoms with Crippen molar-refractivity contribution < 1.29 is 17.5 Å². The molecule has 0 spiro atoms. The zero-order valence-corrected chi connectivity index (χ0v) is 23.5. The highest BCUT2D eigenvalue weighted by molar-refractivity contribution is 9.09. The number of hydrogen-bond acceptors (Lipinski definition) is 3. The van der Waals surface area contributed by atoms with Crippen molar-refractivity contribution in [2.75, 3.05) is 32.0 Å². The third-order valence-electron chi connectivity index (χ3n) is 6.04. The molecule has 0 aliphatic heterocycles. The molecule has 0 bridgehead atoms. The van der Waals surface area contributed by atoms with Gasteiger partial charge in [0.1, 0.15) is 10.1 Å². The van der Waals surface area contributed by atoms with Crippen LogP contribution >= 0.6 is 15.9 Å². The first kappa shape index (κ1) is 31.6. The third-order valence-corrected chi connectivity index (χ3v) is 7.24. The van der Waals surface area contributed by atoms with Gasteiger partial charge in [0.05, 0.1) is 36.9 Å². The Morgan fingerprint density at radius 1 is 0.750 bits per heavy atom. The number of hydrogen-bond donors (Lipinski definition) is 0. The monoisotopic (exact) mass is 533 g/mol. The maximum atomic E-state index is 10.4. The molecule has 0 aromatic heterocycles. The van der Waals surface area contributed by atoms with Crippen LogP contribution in [-0.2, 0) is 10.1 Å². The second kappa shape index (κ2) is 18.9. The third kappa shape index (κ3) is 17.1. The summed E-state index contributed by atoms with van der Waals surface area (Å²) in [5, 5.41) is 1.15. The normalized spacial score (nSPS) is 11.8. The first-order valence-corrected chi connectivity index (χ1v) is 15.1. The van der Waals surface area contributed by atoms with Gasteiger partial charge in [-0.05, 0) is 44.7 Å². The van der Waals surface area contributed by atoms with Crippen molar-refractivity contribution in [2.24, 2.45) is 0 Å². The topological polar surface area (TPSA) is 57.2 Å². The Morgan fingerprint density at radius 2 is 1.16 bits per heavy atom. The quantitative estimate of drug-likeness (QED) is 0.0903. The summed E-state index contributed by atoms with van der Waals surface area (Å²) < 4.78 is 32.5. The minimum Gasteiger partial charge on any atom is -0.744 e. The Morgan fingerprint density at radius 3 is 1.53 bits per heavy atom. The van der Waals surface area contributed by atoms with Crippen molar-refractivity contribution >= 4 is 26.0 Å². The summed E-state index contributed by atoms with van der Waals surface area (Å²) in [7, 11) is -1.80. The number of rotatable bonds is 17. The zero-order valence-electron chi connectivity index (χ0n) is 21.1. The molecule has 4 nitrogen and oxygen atoms in total. The summed E-state index contributed by atoms with van der Waals surface area (Å²) in [6, 6.07) is 5.78. The minimum absolute atomic E-state index is 0.178. The van der Waals surface area contributed by atoms with Gasteiger partial charge in [-0.1, -0.05) is 98.8 Å². The molecule has 1 aromatic rings. The van der Waals surface area contributed by atoms with Crippen LogP contribution in [0.2, 0.25) is 0 Å². The van der Waals surface area contributed by atoms with Crippen molar-refractivity contribution in [3.8, 4) is 0 Å². The van der Waals surface area contributed by atoms with Crippen LogP contribution in [0.4, 0.5) is 0 Å². The van der Waals surface area contributed by atoms with Gasteiger partial charge in [0.2, 0.25) is 0 Å². The number of nitrogens with zero attached hydrogens (tertiary/aromatic N) is 1. The highest BCUT2D eigenvalue weighted by Gasteiger charge is 2.19. The maximum absolute atomic E-state index is 10.4. The molecule has 0 unspecified atom stereocenters. The van der Waals surface area contributed by atoms with E-state index in [1.54, 1.807) is 12.1 Å². The van der Waals surface area contributed by atoms with E-state index in [0.29, 0.717) is 0 Å². The molecule has 0 aliphatic carbocycles. The van der Waals surface area contributed by atoms with Crippen LogP contribution in [0.25, 0.3) is 0 Å². The average Bonchev–Trinajstić information content (AvgIpc) is 2.73. The van der Waals surface area contributed by atoms with E-state index in [4.69, 9.17) is 0 Å². The molecule has 1 aromatic carbocycles. The van der Waals surface area contributed by atoms with Crippen molar-refractivity contribution in [3.05, 3.63) is 29.8 Å². The van der Waals surface area contributed by atoms with E-state index in [-0.39, 0.29) is 4.90 Å². The van der Waals surface area contributed by atoms with Crippen LogP contribution in [0.15, 0.2) is 29.2 Å². The standard InChI is InChI=1S/C19H41BrN.C7H8O3S/c1-4-6-8-10-12-14-17-21(3,19-16-20)18-15-13-11-9-7-5-2;1-6-2-4-7(5-3-6)11(8,9)10/h4-19H2,1-3H3;2-5H,1H3,(H,8,9,10)/q+1;/p-1. The summed E-state index contributed by atoms with van der Waals surface area (Å²) in [4.78, 5) is -0.178. The largest absolute Gasteiger partial charge is 0.744 e. The van der Waals surface area contributed by atoms with Crippen LogP contribution < -0.4 is 0 Å². The van der Waals surface area contributed by atoms with Crippen molar-refractivity contribution in [2.45, 2.75) is 103 Å². The molecule has 0 saturated carbocycles. The van der Waals surface area contributed by atoms with Crippen molar-refractivity contribution in [1.82, 2.24) is 0 Å². The lowest BCUT2D eigenvalue weighted by atomic mass is 10.1. The highest BCUT2D eigenvalue weighted by Crippen LogP contribution is 2.14. The maximum Gasteiger partial charge on any atom is 0.124 e. The zero-order chi connectivity index (χ0) is 24.3. The van der Waals surface area contributed by atoms with Crippen LogP contribution in [0.5, 0.6) is 0 Å². The first-order chi connectivity index (χ1) is 15.2. The lowest BCUT2D eigenvalue weighted by Gasteiger charge is -2.34. The number of unbranched alkanes of at least 4 members (excludes halogenated alkanes) is 10. The van der Waals surface area contributed by atoms with Gasteiger partial charge in [-0.25, -0.2) is 8.42 Å². The molecular weight excluding hydrogens is 486 g/mol. The summed E-state index contributed by atoms with van der Waals surface area (Å²) >= 11 is 3.66. The Balaban J connectivity index is 0.000000726. The molecule has 0 saturated heterocycles. The predicted molar refractivity (Wildman–Crippen MR) is 140 cm³/mol. The van der Waals surface area contributed by atoms with Gasteiger partial charge in [-0.2, -0.15) is 0 Å². The van der Waals surface area contributed by atoms with Crippen LogP contribution in [0.3, 0.4) is 0 Å². The SMILES string of the molecule is CCCCCCCC[N+](C)(CCBr)CCCCCCCC.Cc1ccc(S(=O)(=O)[O-])cc1. The molecule has 6 heteroatoms. The van der Waals surface area contributed by atoms with Crippen LogP contribution in [0.1, 0.15) is 96.5 Å². The second-order valence-corrected chi connectivity index (χ2v) is 11.5. The van der Waals surface area contributed by atoms with E-state index in [2.05, 4.69) is 36.8 Å². The summed E-state index contributed by atoms with van der Waals surface area (Å²) in [6.07, 6.45) is 17.0. The molecule has 0 aliphatic rings. The summed E-state index contributed by atoms with van der Waals surface area (Å²) in [6.45, 7) is 10.5. The van der Waals surface area contributed by atoms with Gasteiger partial charge in [-0.3, -0.25) is 0 Å². The van der Waals surface area contributed by atoms with Gasteiger partial charge < -0.3 is 9.04 Å². The molecule has 1 rings (SSSR count). The van der Waals surface area contributed by atoms with E-state index < -0.39 is 10.1 Å². The Kier molecular flexibility index (Phi) is 18.7. The molecule has 0 amide bonds. The molecule has 0 radical (unpaired) electrons. The van der Waals surface area contributed by atoms with Crippen LogP contribution in [0, 0.1) is 6.92 Å². The van der Waals surface area contributed by atoms with Gasteiger partial charge >= 0.3 is 0 Å². The average molecular weight is 535 g/mol. The van der Waals surface area contributed by atoms with Gasteiger partial charge in [0.15, 0.2) is 0 Å². The lowest BCUT2D eigenvalue weighted by Crippen LogP contribution is -2.46. The van der Waals surface area contributed by atoms with Gasteiger partial charge in [-0.15, -0.1) is 0 Å². The Hall–Kier alpha value is -0.430. The molecule has 0 fully saturated rings. The molecule has 188 valence electrons. The Bertz CT molecular complexity index is 646. The van der Waals surface area contributed by atoms with E-state index in [1.165, 1.54) is 113 Å². The molecule has 0 heterocycles. The van der Waals surface area contributed by atoms with E-state index in [9.17, 15) is 13.0 Å². The molecule has 0 N–H and O–H groups in total. The van der Waals surface area contributed by atoms with E-state index in [0.717, 1.165) is 10.9 Å². The highest BCUT2D eigenvalue weighted by atomic mass is 79.9. The first-order valence-electron chi connectivity index (χ1n) is 12.6. The number of halogens is 1. The van der Waals surface area contributed by atoms with Crippen molar-refractivity contribution in [1.29, 1.82) is 0 Å². The fourth-order valence-electron chi connectivity index (χ4n) is 3.79. The number of aryl methyl sites for hydroxylation is 1.